The number of aliphatic hydroxyl groups is 1. The second-order valence-electron chi connectivity index (χ2n) is 4.78. The number of carbonyl (C=O) groups is 1. The van der Waals surface area contributed by atoms with Crippen molar-refractivity contribution in [2.24, 2.45) is 10.8 Å². The van der Waals surface area contributed by atoms with E-state index in [4.69, 9.17) is 5.26 Å². The lowest BCUT2D eigenvalue weighted by molar-refractivity contribution is -0.127. The molecule has 0 aliphatic heterocycles. The van der Waals surface area contributed by atoms with E-state index < -0.39 is 5.41 Å². The Kier molecular flexibility index (Phi) is 5.46. The average Bonchev–Trinajstić information content (AvgIpc) is 2.31. The Morgan fingerprint density at radius 1 is 1.38 bits per heavy atom. The average molecular weight is 226 g/mol. The molecule has 4 nitrogen and oxygen atoms in total. The van der Waals surface area contributed by atoms with Gasteiger partial charge in [0.1, 0.15) is 5.41 Å². The number of carbonyl (C=O) groups excluding carboxylic acids is 1. The van der Waals surface area contributed by atoms with E-state index in [1.807, 2.05) is 19.9 Å². The third-order valence-electron chi connectivity index (χ3n) is 3.31. The van der Waals surface area contributed by atoms with Crippen molar-refractivity contribution in [2.75, 3.05) is 13.2 Å². The normalized spacial score (nSPS) is 12.0. The smallest absolute Gasteiger partial charge is 0.239 e. The van der Waals surface area contributed by atoms with Crippen LogP contribution in [0.4, 0.5) is 0 Å². The first-order chi connectivity index (χ1) is 7.37. The Balaban J connectivity index is 4.45. The Morgan fingerprint density at radius 2 is 1.88 bits per heavy atom. The first-order valence-corrected chi connectivity index (χ1v) is 5.68. The summed E-state index contributed by atoms with van der Waals surface area (Å²) < 4.78 is 0. The molecule has 0 spiro atoms. The van der Waals surface area contributed by atoms with Crippen molar-refractivity contribution < 1.29 is 9.90 Å². The van der Waals surface area contributed by atoms with Crippen molar-refractivity contribution in [3.63, 3.8) is 0 Å². The molecule has 0 bridgehead atoms. The van der Waals surface area contributed by atoms with Crippen LogP contribution in [-0.4, -0.2) is 24.2 Å². The van der Waals surface area contributed by atoms with Crippen molar-refractivity contribution in [1.29, 1.82) is 5.26 Å². The summed E-state index contributed by atoms with van der Waals surface area (Å²) in [4.78, 5) is 11.7. The summed E-state index contributed by atoms with van der Waals surface area (Å²) in [5, 5.41) is 20.9. The van der Waals surface area contributed by atoms with Gasteiger partial charge in [0.25, 0.3) is 0 Å². The molecule has 4 heteroatoms. The maximum Gasteiger partial charge on any atom is 0.239 e. The molecule has 0 saturated heterocycles. The maximum absolute atomic E-state index is 11.7. The van der Waals surface area contributed by atoms with Crippen LogP contribution in [0.25, 0.3) is 0 Å². The van der Waals surface area contributed by atoms with Crippen LogP contribution in [0.3, 0.4) is 0 Å². The Bertz CT molecular complexity index is 267. The number of amides is 1. The minimum atomic E-state index is -1.01. The van der Waals surface area contributed by atoms with Crippen LogP contribution in [-0.2, 0) is 4.79 Å². The second-order valence-corrected chi connectivity index (χ2v) is 4.78. The van der Waals surface area contributed by atoms with E-state index in [-0.39, 0.29) is 17.9 Å². The van der Waals surface area contributed by atoms with Gasteiger partial charge >= 0.3 is 0 Å². The molecule has 0 rings (SSSR count). The van der Waals surface area contributed by atoms with E-state index >= 15 is 0 Å². The summed E-state index contributed by atoms with van der Waals surface area (Å²) in [6.45, 7) is 7.61. The third kappa shape index (κ3) is 3.49. The quantitative estimate of drug-likeness (QED) is 0.720. The van der Waals surface area contributed by atoms with Gasteiger partial charge in [-0.25, -0.2) is 0 Å². The molecule has 92 valence electrons. The summed E-state index contributed by atoms with van der Waals surface area (Å²) >= 11 is 0. The monoisotopic (exact) mass is 226 g/mol. The summed E-state index contributed by atoms with van der Waals surface area (Å²) in [5.41, 5.74) is -1.27. The molecule has 2 N–H and O–H groups in total. The summed E-state index contributed by atoms with van der Waals surface area (Å²) in [6.07, 6.45) is 1.60. The Morgan fingerprint density at radius 3 is 2.19 bits per heavy atom. The minimum absolute atomic E-state index is 0.0489. The molecule has 0 aromatic carbocycles. The van der Waals surface area contributed by atoms with Gasteiger partial charge in [-0.05, 0) is 26.7 Å². The fraction of sp³-hybridized carbons (Fsp3) is 0.833. The van der Waals surface area contributed by atoms with Gasteiger partial charge in [0, 0.05) is 12.0 Å². The molecule has 0 aromatic heterocycles. The van der Waals surface area contributed by atoms with Crippen LogP contribution in [0.2, 0.25) is 0 Å². The van der Waals surface area contributed by atoms with Crippen LogP contribution in [0, 0.1) is 22.2 Å². The molecule has 1 amide bonds. The van der Waals surface area contributed by atoms with E-state index in [0.29, 0.717) is 6.54 Å². The lowest BCUT2D eigenvalue weighted by Crippen LogP contribution is -2.44. The number of aliphatic hydroxyl groups excluding tert-OH is 1. The van der Waals surface area contributed by atoms with Crippen LogP contribution in [0.15, 0.2) is 0 Å². The minimum Gasteiger partial charge on any atom is -0.396 e. The zero-order chi connectivity index (χ0) is 12.8. The summed E-state index contributed by atoms with van der Waals surface area (Å²) in [7, 11) is 0. The van der Waals surface area contributed by atoms with E-state index in [1.165, 1.54) is 0 Å². The van der Waals surface area contributed by atoms with Gasteiger partial charge in [0.05, 0.1) is 12.7 Å². The number of rotatable bonds is 6. The number of hydrogen-bond donors (Lipinski definition) is 2. The van der Waals surface area contributed by atoms with Crippen LogP contribution < -0.4 is 5.32 Å². The van der Waals surface area contributed by atoms with Gasteiger partial charge in [-0.1, -0.05) is 13.8 Å². The largest absolute Gasteiger partial charge is 0.396 e. The lowest BCUT2D eigenvalue weighted by atomic mass is 9.82. The molecule has 0 aromatic rings. The van der Waals surface area contributed by atoms with E-state index in [9.17, 15) is 9.90 Å². The van der Waals surface area contributed by atoms with Crippen LogP contribution in [0.1, 0.15) is 40.5 Å². The van der Waals surface area contributed by atoms with E-state index in [2.05, 4.69) is 5.32 Å². The highest BCUT2D eigenvalue weighted by Gasteiger charge is 2.31. The number of nitrogens with one attached hydrogen (secondary N) is 1. The molecule has 0 atom stereocenters. The highest BCUT2D eigenvalue weighted by molar-refractivity contribution is 5.84. The highest BCUT2D eigenvalue weighted by Crippen LogP contribution is 2.25. The molecule has 0 heterocycles. The fourth-order valence-corrected chi connectivity index (χ4v) is 1.32. The summed E-state index contributed by atoms with van der Waals surface area (Å²) in [6, 6.07) is 1.96. The van der Waals surface area contributed by atoms with E-state index in [1.54, 1.807) is 13.8 Å². The number of nitrogens with zero attached hydrogens (tertiary/aromatic N) is 1. The molecule has 16 heavy (non-hydrogen) atoms. The van der Waals surface area contributed by atoms with Gasteiger partial charge in [-0.15, -0.1) is 0 Å². The Labute approximate surface area is 97.7 Å². The highest BCUT2D eigenvalue weighted by atomic mass is 16.3. The van der Waals surface area contributed by atoms with Gasteiger partial charge < -0.3 is 10.4 Å². The number of nitriles is 1. The van der Waals surface area contributed by atoms with Crippen LogP contribution >= 0.6 is 0 Å². The SMILES string of the molecule is CCC(CC)(CO)CNC(=O)C(C)(C)C#N. The standard InChI is InChI=1S/C12H22N2O2/c1-5-12(6-2,9-15)8-14-10(16)11(3,4)7-13/h15H,5-6,8-9H2,1-4H3,(H,14,16). The zero-order valence-electron chi connectivity index (χ0n) is 10.6. The predicted molar refractivity (Wildman–Crippen MR) is 62.5 cm³/mol. The molecule has 0 fully saturated rings. The maximum atomic E-state index is 11.7. The van der Waals surface area contributed by atoms with Crippen molar-refractivity contribution in [3.8, 4) is 6.07 Å². The summed E-state index contributed by atoms with van der Waals surface area (Å²) in [5.74, 6) is -0.283. The molecule has 0 saturated carbocycles. The van der Waals surface area contributed by atoms with Crippen molar-refractivity contribution in [3.05, 3.63) is 0 Å². The van der Waals surface area contributed by atoms with Gasteiger partial charge in [-0.2, -0.15) is 5.26 Å². The molecule has 0 aliphatic rings. The van der Waals surface area contributed by atoms with Crippen LogP contribution in [0.5, 0.6) is 0 Å². The predicted octanol–water partition coefficient (Wildman–Crippen LogP) is 1.45. The van der Waals surface area contributed by atoms with Gasteiger partial charge in [0.2, 0.25) is 5.91 Å². The second kappa shape index (κ2) is 5.86. The van der Waals surface area contributed by atoms with Crippen molar-refractivity contribution >= 4 is 5.91 Å². The Hall–Kier alpha value is -1.08. The van der Waals surface area contributed by atoms with E-state index in [0.717, 1.165) is 12.8 Å². The molecule has 0 aliphatic carbocycles. The molecular formula is C12H22N2O2. The topological polar surface area (TPSA) is 73.1 Å². The number of hydrogen-bond acceptors (Lipinski definition) is 3. The molecule has 0 radical (unpaired) electrons. The lowest BCUT2D eigenvalue weighted by Gasteiger charge is -2.30. The molecular weight excluding hydrogens is 204 g/mol. The molecule has 0 unspecified atom stereocenters. The zero-order valence-corrected chi connectivity index (χ0v) is 10.6. The van der Waals surface area contributed by atoms with Gasteiger partial charge in [0.15, 0.2) is 0 Å². The van der Waals surface area contributed by atoms with Crippen molar-refractivity contribution in [2.45, 2.75) is 40.5 Å². The fourth-order valence-electron chi connectivity index (χ4n) is 1.32. The first kappa shape index (κ1) is 14.9. The first-order valence-electron chi connectivity index (χ1n) is 5.68. The van der Waals surface area contributed by atoms with Gasteiger partial charge in [-0.3, -0.25) is 4.79 Å². The third-order valence-corrected chi connectivity index (χ3v) is 3.31. The van der Waals surface area contributed by atoms with Crippen molar-refractivity contribution in [1.82, 2.24) is 5.32 Å².